The molecule has 1 aliphatic carbocycles. The Hall–Kier alpha value is -2.76. The van der Waals surface area contributed by atoms with Gasteiger partial charge in [0.15, 0.2) is 0 Å². The number of oxime groups is 1. The summed E-state index contributed by atoms with van der Waals surface area (Å²) in [5, 5.41) is 6.02. The highest BCUT2D eigenvalue weighted by Crippen LogP contribution is 2.31. The minimum atomic E-state index is -0.306. The summed E-state index contributed by atoms with van der Waals surface area (Å²) in [7, 11) is 3.18. The topological polar surface area (TPSA) is 95.0 Å². The minimum absolute atomic E-state index is 0.00660. The fourth-order valence-electron chi connectivity index (χ4n) is 7.23. The van der Waals surface area contributed by atoms with Crippen molar-refractivity contribution in [2.24, 2.45) is 5.16 Å². The molecule has 2 saturated heterocycles. The summed E-state index contributed by atoms with van der Waals surface area (Å²) >= 11 is 25.1. The number of rotatable bonds is 13. The molecule has 272 valence electrons. The highest BCUT2D eigenvalue weighted by atomic mass is 35.5. The van der Waals surface area contributed by atoms with Crippen molar-refractivity contribution < 1.29 is 24.0 Å². The van der Waals surface area contributed by atoms with Gasteiger partial charge in [-0.2, -0.15) is 0 Å². The molecular weight excluding hydrogens is 724 g/mol. The molecule has 1 atom stereocenters. The van der Waals surface area contributed by atoms with E-state index in [-0.39, 0.29) is 49.1 Å². The lowest BCUT2D eigenvalue weighted by atomic mass is 9.89. The van der Waals surface area contributed by atoms with Crippen molar-refractivity contribution >= 4 is 70.0 Å². The van der Waals surface area contributed by atoms with E-state index >= 15 is 0 Å². The summed E-state index contributed by atoms with van der Waals surface area (Å²) in [6.45, 7) is 3.85. The Morgan fingerprint density at radius 2 is 1.62 bits per heavy atom. The van der Waals surface area contributed by atoms with Crippen LogP contribution in [0.2, 0.25) is 20.1 Å². The molecule has 0 aromatic heterocycles. The zero-order valence-electron chi connectivity index (χ0n) is 28.6. The number of carbonyl (C=O) groups is 3. The standard InChI is InChI=1S/C36H45Cl4N5O5/c1-42(35(47)25-18-26(37)21-27(38)19-25)22-33(41-49-2)30(24-8-9-31(39)32(40)20-24)12-17-43-15-10-28(11-16-43)45-14-5-13-44(36(45)48)23-34(46)50-29-6-3-4-7-29/h8-9,18-21,28-30H,3-7,10-17,22-23H2,1-2H3/b41-33+. The van der Waals surface area contributed by atoms with Crippen molar-refractivity contribution in [3.63, 3.8) is 0 Å². The lowest BCUT2D eigenvalue weighted by Crippen LogP contribution is -2.56. The van der Waals surface area contributed by atoms with Gasteiger partial charge in [-0.25, -0.2) is 4.79 Å². The number of esters is 1. The number of amides is 3. The first-order valence-corrected chi connectivity index (χ1v) is 18.8. The maximum absolute atomic E-state index is 13.4. The van der Waals surface area contributed by atoms with Crippen molar-refractivity contribution in [3.05, 3.63) is 67.6 Å². The van der Waals surface area contributed by atoms with E-state index in [0.717, 1.165) is 70.1 Å². The van der Waals surface area contributed by atoms with Crippen molar-refractivity contribution in [1.82, 2.24) is 19.6 Å². The molecular formula is C36H45Cl4N5O5. The number of urea groups is 1. The molecule has 1 saturated carbocycles. The van der Waals surface area contributed by atoms with E-state index in [1.165, 1.54) is 7.11 Å². The largest absolute Gasteiger partial charge is 0.461 e. The predicted octanol–water partition coefficient (Wildman–Crippen LogP) is 7.63. The fraction of sp³-hybridized carbons (Fsp3) is 0.556. The van der Waals surface area contributed by atoms with Gasteiger partial charge in [-0.05, 0) is 93.8 Å². The Morgan fingerprint density at radius 1 is 0.920 bits per heavy atom. The molecule has 0 bridgehead atoms. The van der Waals surface area contributed by atoms with E-state index in [0.29, 0.717) is 50.9 Å². The van der Waals surface area contributed by atoms with Crippen molar-refractivity contribution in [2.45, 2.75) is 69.4 Å². The van der Waals surface area contributed by atoms with Crippen molar-refractivity contribution in [1.29, 1.82) is 0 Å². The van der Waals surface area contributed by atoms with Crippen LogP contribution in [0.25, 0.3) is 0 Å². The molecule has 14 heteroatoms. The van der Waals surface area contributed by atoms with Gasteiger partial charge in [-0.1, -0.05) is 57.6 Å². The normalized spacial score (nSPS) is 18.8. The van der Waals surface area contributed by atoms with E-state index in [1.807, 2.05) is 17.0 Å². The number of piperidine rings is 1. The molecule has 3 fully saturated rings. The summed E-state index contributed by atoms with van der Waals surface area (Å²) in [4.78, 5) is 52.3. The van der Waals surface area contributed by atoms with Crippen LogP contribution in [0.3, 0.4) is 0 Å². The van der Waals surface area contributed by atoms with Gasteiger partial charge in [0.1, 0.15) is 19.8 Å². The van der Waals surface area contributed by atoms with E-state index in [2.05, 4.69) is 10.1 Å². The molecule has 2 aromatic carbocycles. The van der Waals surface area contributed by atoms with Gasteiger partial charge in [-0.3, -0.25) is 9.59 Å². The molecule has 3 aliphatic rings. The molecule has 3 amide bonds. The average molecular weight is 770 g/mol. The van der Waals surface area contributed by atoms with Gasteiger partial charge in [0.05, 0.1) is 22.3 Å². The first-order chi connectivity index (χ1) is 24.0. The molecule has 0 radical (unpaired) electrons. The number of carbonyl (C=O) groups excluding carboxylic acids is 3. The molecule has 2 aromatic rings. The van der Waals surface area contributed by atoms with Crippen LogP contribution in [-0.4, -0.2) is 115 Å². The Balaban J connectivity index is 1.21. The Morgan fingerprint density at radius 3 is 2.28 bits per heavy atom. The van der Waals surface area contributed by atoms with Gasteiger partial charge in [-0.15, -0.1) is 0 Å². The third-order valence-electron chi connectivity index (χ3n) is 9.81. The molecule has 2 heterocycles. The van der Waals surface area contributed by atoms with Gasteiger partial charge in [0, 0.05) is 60.8 Å². The number of ether oxygens (including phenoxy) is 1. The molecule has 5 rings (SSSR count). The summed E-state index contributed by atoms with van der Waals surface area (Å²) < 4.78 is 5.62. The van der Waals surface area contributed by atoms with E-state index in [9.17, 15) is 14.4 Å². The zero-order chi connectivity index (χ0) is 35.8. The lowest BCUT2D eigenvalue weighted by Gasteiger charge is -2.43. The maximum Gasteiger partial charge on any atom is 0.325 e. The summed E-state index contributed by atoms with van der Waals surface area (Å²) in [5.74, 6) is -0.800. The second-order valence-electron chi connectivity index (χ2n) is 13.3. The molecule has 50 heavy (non-hydrogen) atoms. The van der Waals surface area contributed by atoms with Gasteiger partial charge in [0.25, 0.3) is 5.91 Å². The van der Waals surface area contributed by atoms with Crippen LogP contribution in [0.15, 0.2) is 41.6 Å². The molecule has 0 spiro atoms. The van der Waals surface area contributed by atoms with Gasteiger partial charge < -0.3 is 29.2 Å². The monoisotopic (exact) mass is 767 g/mol. The zero-order valence-corrected chi connectivity index (χ0v) is 31.6. The first-order valence-electron chi connectivity index (χ1n) is 17.3. The number of likely N-dealkylation sites (tertiary alicyclic amines) is 1. The summed E-state index contributed by atoms with van der Waals surface area (Å²) in [6, 6.07) is 10.3. The Kier molecular flexibility index (Phi) is 14.0. The smallest absolute Gasteiger partial charge is 0.325 e. The highest BCUT2D eigenvalue weighted by Gasteiger charge is 2.35. The number of hydrogen-bond donors (Lipinski definition) is 0. The van der Waals surface area contributed by atoms with Crippen molar-refractivity contribution in [3.8, 4) is 0 Å². The molecule has 1 unspecified atom stereocenters. The number of nitrogens with zero attached hydrogens (tertiary/aromatic N) is 5. The Labute approximate surface area is 314 Å². The minimum Gasteiger partial charge on any atom is -0.461 e. The summed E-state index contributed by atoms with van der Waals surface area (Å²) in [6.07, 6.45) is 7.17. The number of hydrogen-bond acceptors (Lipinski definition) is 7. The average Bonchev–Trinajstić information content (AvgIpc) is 3.60. The quantitative estimate of drug-likeness (QED) is 0.118. The van der Waals surface area contributed by atoms with Crippen molar-refractivity contribution in [2.75, 3.05) is 60.0 Å². The Bertz CT molecular complexity index is 1530. The van der Waals surface area contributed by atoms with E-state index in [4.69, 9.17) is 56.0 Å². The van der Waals surface area contributed by atoms with Crippen LogP contribution in [0.4, 0.5) is 4.79 Å². The van der Waals surface area contributed by atoms with Crippen LogP contribution in [0, 0.1) is 0 Å². The van der Waals surface area contributed by atoms with E-state index < -0.39 is 0 Å². The van der Waals surface area contributed by atoms with Crippen LogP contribution in [-0.2, 0) is 14.4 Å². The molecule has 0 N–H and O–H groups in total. The van der Waals surface area contributed by atoms with Gasteiger partial charge >= 0.3 is 12.0 Å². The SMILES string of the molecule is CO/N=C(\CN(C)C(=O)c1cc(Cl)cc(Cl)c1)C(CCN1CCC(N2CCCN(CC(=O)OC3CCCC3)C2=O)CC1)c1ccc(Cl)c(Cl)c1. The summed E-state index contributed by atoms with van der Waals surface area (Å²) in [5.41, 5.74) is 1.92. The highest BCUT2D eigenvalue weighted by molar-refractivity contribution is 6.42. The molecule has 10 nitrogen and oxygen atoms in total. The fourth-order valence-corrected chi connectivity index (χ4v) is 8.06. The van der Waals surface area contributed by atoms with Crippen LogP contribution in [0.1, 0.15) is 73.2 Å². The number of benzene rings is 2. The van der Waals surface area contributed by atoms with Crippen LogP contribution >= 0.6 is 46.4 Å². The third-order valence-corrected chi connectivity index (χ3v) is 11.0. The van der Waals surface area contributed by atoms with Gasteiger partial charge in [0.2, 0.25) is 0 Å². The number of halogens is 4. The predicted molar refractivity (Wildman–Crippen MR) is 198 cm³/mol. The second kappa shape index (κ2) is 18.1. The third kappa shape index (κ3) is 10.2. The maximum atomic E-state index is 13.4. The first kappa shape index (κ1) is 38.5. The van der Waals surface area contributed by atoms with Crippen LogP contribution < -0.4 is 0 Å². The van der Waals surface area contributed by atoms with Crippen LogP contribution in [0.5, 0.6) is 0 Å². The second-order valence-corrected chi connectivity index (χ2v) is 15.0. The lowest BCUT2D eigenvalue weighted by molar-refractivity contribution is -0.149. The molecule has 2 aliphatic heterocycles. The van der Waals surface area contributed by atoms with E-state index in [1.54, 1.807) is 41.1 Å².